The number of rotatable bonds is 1. The molecule has 0 aromatic heterocycles. The molecule has 82 valence electrons. The van der Waals surface area contributed by atoms with E-state index in [0.717, 1.165) is 24.0 Å². The summed E-state index contributed by atoms with van der Waals surface area (Å²) in [4.78, 5) is 0. The van der Waals surface area contributed by atoms with Crippen LogP contribution >= 0.6 is 0 Å². The van der Waals surface area contributed by atoms with Gasteiger partial charge in [-0.15, -0.1) is 0 Å². The zero-order valence-electron chi connectivity index (χ0n) is 8.81. The highest BCUT2D eigenvalue weighted by Gasteiger charge is 2.51. The standard InChI is InChI=1S/C12H16O3/c1-12-5-4-10(15-12)7(6-13)11-8(12)2-3-9(11)14/h4-5,8-10,13-14H,2-3,6H2,1H3/t8-,9+,10+,12-/m0/s1. The maximum Gasteiger partial charge on any atom is 0.101 e. The first kappa shape index (κ1) is 9.58. The van der Waals surface area contributed by atoms with Gasteiger partial charge < -0.3 is 14.9 Å². The van der Waals surface area contributed by atoms with E-state index in [2.05, 4.69) is 13.0 Å². The minimum atomic E-state index is -0.372. The van der Waals surface area contributed by atoms with Crippen LogP contribution in [0, 0.1) is 5.92 Å². The van der Waals surface area contributed by atoms with Crippen molar-refractivity contribution in [2.24, 2.45) is 5.92 Å². The average molecular weight is 208 g/mol. The lowest BCUT2D eigenvalue weighted by Gasteiger charge is -2.38. The number of aliphatic hydroxyl groups is 2. The lowest BCUT2D eigenvalue weighted by atomic mass is 9.81. The highest BCUT2D eigenvalue weighted by Crippen LogP contribution is 2.50. The molecule has 0 radical (unpaired) electrons. The van der Waals surface area contributed by atoms with E-state index < -0.39 is 0 Å². The summed E-state index contributed by atoms with van der Waals surface area (Å²) in [7, 11) is 0. The molecule has 0 unspecified atom stereocenters. The summed E-state index contributed by atoms with van der Waals surface area (Å²) in [6, 6.07) is 0. The maximum atomic E-state index is 9.95. The third-order valence-electron chi connectivity index (χ3n) is 4.02. The van der Waals surface area contributed by atoms with Crippen molar-refractivity contribution >= 4 is 0 Å². The summed E-state index contributed by atoms with van der Waals surface area (Å²) in [5.41, 5.74) is 1.67. The molecule has 0 aromatic carbocycles. The highest BCUT2D eigenvalue weighted by molar-refractivity contribution is 5.41. The Hall–Kier alpha value is -0.640. The largest absolute Gasteiger partial charge is 0.392 e. The van der Waals surface area contributed by atoms with Crippen LogP contribution in [-0.4, -0.2) is 34.6 Å². The van der Waals surface area contributed by atoms with E-state index in [9.17, 15) is 10.2 Å². The molecule has 2 N–H and O–H groups in total. The van der Waals surface area contributed by atoms with Crippen LogP contribution in [0.15, 0.2) is 23.3 Å². The molecular formula is C12H16O3. The molecule has 2 heterocycles. The first-order valence-corrected chi connectivity index (χ1v) is 5.54. The van der Waals surface area contributed by atoms with Crippen molar-refractivity contribution in [3.8, 4) is 0 Å². The van der Waals surface area contributed by atoms with Gasteiger partial charge in [0.25, 0.3) is 0 Å². The zero-order valence-corrected chi connectivity index (χ0v) is 8.81. The number of hydrogen-bond acceptors (Lipinski definition) is 3. The second kappa shape index (κ2) is 2.94. The first-order chi connectivity index (χ1) is 7.15. The van der Waals surface area contributed by atoms with Crippen molar-refractivity contribution < 1.29 is 14.9 Å². The minimum Gasteiger partial charge on any atom is -0.392 e. The van der Waals surface area contributed by atoms with Crippen LogP contribution in [0.5, 0.6) is 0 Å². The van der Waals surface area contributed by atoms with Crippen LogP contribution in [0.1, 0.15) is 19.8 Å². The molecule has 15 heavy (non-hydrogen) atoms. The van der Waals surface area contributed by atoms with Crippen LogP contribution in [0.2, 0.25) is 0 Å². The Morgan fingerprint density at radius 3 is 3.07 bits per heavy atom. The molecule has 3 nitrogen and oxygen atoms in total. The molecule has 0 saturated heterocycles. The molecule has 0 amide bonds. The van der Waals surface area contributed by atoms with Gasteiger partial charge in [-0.3, -0.25) is 0 Å². The average Bonchev–Trinajstić information content (AvgIpc) is 2.74. The zero-order chi connectivity index (χ0) is 10.6. The lowest BCUT2D eigenvalue weighted by molar-refractivity contribution is -0.0438. The van der Waals surface area contributed by atoms with Crippen LogP contribution in [0.25, 0.3) is 0 Å². The van der Waals surface area contributed by atoms with Crippen LogP contribution in [-0.2, 0) is 4.74 Å². The summed E-state index contributed by atoms with van der Waals surface area (Å²) in [6.07, 6.45) is 5.35. The van der Waals surface area contributed by atoms with E-state index in [1.165, 1.54) is 0 Å². The summed E-state index contributed by atoms with van der Waals surface area (Å²) in [5, 5.41) is 19.3. The molecule has 3 rings (SSSR count). The van der Waals surface area contributed by atoms with Crippen molar-refractivity contribution in [1.29, 1.82) is 0 Å². The molecule has 4 atom stereocenters. The lowest BCUT2D eigenvalue weighted by Crippen LogP contribution is -2.41. The van der Waals surface area contributed by atoms with E-state index in [1.807, 2.05) is 6.08 Å². The smallest absolute Gasteiger partial charge is 0.101 e. The van der Waals surface area contributed by atoms with E-state index in [1.54, 1.807) is 0 Å². The van der Waals surface area contributed by atoms with Gasteiger partial charge in [0.05, 0.1) is 18.3 Å². The Kier molecular flexibility index (Phi) is 1.88. The number of aliphatic hydroxyl groups excluding tert-OH is 2. The molecule has 2 aliphatic heterocycles. The van der Waals surface area contributed by atoms with Gasteiger partial charge >= 0.3 is 0 Å². The van der Waals surface area contributed by atoms with E-state index in [0.29, 0.717) is 0 Å². The third kappa shape index (κ3) is 1.11. The maximum absolute atomic E-state index is 9.95. The fourth-order valence-corrected chi connectivity index (χ4v) is 3.26. The van der Waals surface area contributed by atoms with Gasteiger partial charge in [-0.05, 0) is 30.9 Å². The molecule has 1 fully saturated rings. The van der Waals surface area contributed by atoms with Gasteiger partial charge in [0.2, 0.25) is 0 Å². The molecule has 0 aromatic rings. The number of fused-ring (bicyclic) bond motifs is 4. The van der Waals surface area contributed by atoms with Crippen molar-refractivity contribution in [2.45, 2.75) is 37.6 Å². The predicted molar refractivity (Wildman–Crippen MR) is 55.3 cm³/mol. The summed E-state index contributed by atoms with van der Waals surface area (Å²) >= 11 is 0. The van der Waals surface area contributed by atoms with Crippen molar-refractivity contribution in [1.82, 2.24) is 0 Å². The van der Waals surface area contributed by atoms with Gasteiger partial charge in [0, 0.05) is 5.92 Å². The Labute approximate surface area is 89.1 Å². The monoisotopic (exact) mass is 208 g/mol. The summed E-state index contributed by atoms with van der Waals surface area (Å²) in [5.74, 6) is 0.254. The summed E-state index contributed by atoms with van der Waals surface area (Å²) in [6.45, 7) is 2.06. The quantitative estimate of drug-likeness (QED) is 0.626. The molecule has 3 heteroatoms. The Morgan fingerprint density at radius 1 is 1.53 bits per heavy atom. The minimum absolute atomic E-state index is 0.00597. The molecule has 1 saturated carbocycles. The fourth-order valence-electron chi connectivity index (χ4n) is 3.26. The SMILES string of the molecule is C[C@@]12C=C[C@@H](O1)C(CO)=C1[C@H](O)CC[C@@H]12. The van der Waals surface area contributed by atoms with Crippen LogP contribution in [0.3, 0.4) is 0 Å². The van der Waals surface area contributed by atoms with Crippen LogP contribution < -0.4 is 0 Å². The summed E-state index contributed by atoms with van der Waals surface area (Å²) < 4.78 is 5.91. The van der Waals surface area contributed by atoms with Gasteiger partial charge in [-0.25, -0.2) is 0 Å². The predicted octanol–water partition coefficient (Wildman–Crippen LogP) is 0.773. The van der Waals surface area contributed by atoms with Crippen LogP contribution in [0.4, 0.5) is 0 Å². The molecular weight excluding hydrogens is 192 g/mol. The molecule has 0 spiro atoms. The topological polar surface area (TPSA) is 49.7 Å². The van der Waals surface area contributed by atoms with Crippen molar-refractivity contribution in [2.75, 3.05) is 6.61 Å². The molecule has 3 aliphatic rings. The number of hydrogen-bond donors (Lipinski definition) is 2. The second-order valence-electron chi connectivity index (χ2n) is 4.87. The Balaban J connectivity index is 2.13. The highest BCUT2D eigenvalue weighted by atomic mass is 16.5. The van der Waals surface area contributed by atoms with Crippen molar-refractivity contribution in [3.63, 3.8) is 0 Å². The van der Waals surface area contributed by atoms with Gasteiger partial charge in [0.1, 0.15) is 6.10 Å². The van der Waals surface area contributed by atoms with E-state index in [-0.39, 0.29) is 30.3 Å². The molecule has 1 aliphatic carbocycles. The van der Waals surface area contributed by atoms with Gasteiger partial charge in [-0.1, -0.05) is 12.2 Å². The fraction of sp³-hybridized carbons (Fsp3) is 0.667. The van der Waals surface area contributed by atoms with Gasteiger partial charge in [-0.2, -0.15) is 0 Å². The number of ether oxygens (including phenoxy) is 1. The van der Waals surface area contributed by atoms with E-state index in [4.69, 9.17) is 4.74 Å². The second-order valence-corrected chi connectivity index (χ2v) is 4.87. The Bertz CT molecular complexity index is 358. The van der Waals surface area contributed by atoms with E-state index >= 15 is 0 Å². The molecule has 2 bridgehead atoms. The Morgan fingerprint density at radius 2 is 2.33 bits per heavy atom. The van der Waals surface area contributed by atoms with Gasteiger partial charge in [0.15, 0.2) is 0 Å². The normalized spacial score (nSPS) is 47.5. The third-order valence-corrected chi connectivity index (χ3v) is 4.02. The van der Waals surface area contributed by atoms with Crippen molar-refractivity contribution in [3.05, 3.63) is 23.3 Å². The first-order valence-electron chi connectivity index (χ1n) is 5.54.